The second kappa shape index (κ2) is 3.77. The molecule has 0 unspecified atom stereocenters. The predicted molar refractivity (Wildman–Crippen MR) is 47.8 cm³/mol. The molecule has 1 aromatic rings. The monoisotopic (exact) mass is 188 g/mol. The van der Waals surface area contributed by atoms with E-state index in [1.165, 1.54) is 23.5 Å². The van der Waals surface area contributed by atoms with Crippen molar-refractivity contribution < 1.29 is 0 Å². The number of nitrogens with zero attached hydrogens (tertiary/aromatic N) is 3. The number of hydrogen-bond acceptors (Lipinski definition) is 6. The van der Waals surface area contributed by atoms with E-state index in [1.807, 2.05) is 12.5 Å². The molecule has 60 valence electrons. The first-order valence-electron chi connectivity index (χ1n) is 2.86. The quantitative estimate of drug-likeness (QED) is 0.696. The summed E-state index contributed by atoms with van der Waals surface area (Å²) in [7, 11) is 0. The highest BCUT2D eigenvalue weighted by molar-refractivity contribution is 7.99. The summed E-state index contributed by atoms with van der Waals surface area (Å²) in [5.41, 5.74) is 5.42. The van der Waals surface area contributed by atoms with Crippen LogP contribution in [0.1, 0.15) is 0 Å². The van der Waals surface area contributed by atoms with Gasteiger partial charge < -0.3 is 5.73 Å². The Labute approximate surface area is 73.4 Å². The first kappa shape index (κ1) is 8.61. The molecular formula is C5H8N4S2. The van der Waals surface area contributed by atoms with E-state index >= 15 is 0 Å². The summed E-state index contributed by atoms with van der Waals surface area (Å²) in [6.07, 6.45) is 3.80. The number of rotatable bonds is 2. The maximum absolute atomic E-state index is 5.42. The van der Waals surface area contributed by atoms with Crippen LogP contribution in [-0.4, -0.2) is 27.5 Å². The lowest BCUT2D eigenvalue weighted by atomic mass is 11.0. The highest BCUT2D eigenvalue weighted by Gasteiger charge is 2.00. The molecule has 0 amide bonds. The van der Waals surface area contributed by atoms with E-state index in [9.17, 15) is 0 Å². The fourth-order valence-electron chi connectivity index (χ4n) is 0.535. The molecule has 4 nitrogen and oxygen atoms in total. The number of nitrogen functional groups attached to an aromatic ring is 1. The van der Waals surface area contributed by atoms with Gasteiger partial charge in [-0.3, -0.25) is 0 Å². The van der Waals surface area contributed by atoms with E-state index in [1.54, 1.807) is 0 Å². The molecule has 0 atom stereocenters. The van der Waals surface area contributed by atoms with E-state index in [0.717, 1.165) is 0 Å². The maximum Gasteiger partial charge on any atom is 0.225 e. The molecule has 11 heavy (non-hydrogen) atoms. The third-order valence-corrected chi connectivity index (χ3v) is 2.07. The maximum atomic E-state index is 5.42. The Kier molecular flexibility index (Phi) is 2.95. The molecule has 0 aliphatic rings. The molecule has 1 rings (SSSR count). The van der Waals surface area contributed by atoms with Gasteiger partial charge in [0.05, 0.1) is 0 Å². The predicted octanol–water partition coefficient (Wildman–Crippen LogP) is 0.898. The minimum absolute atomic E-state index is 0.286. The molecule has 1 aromatic heterocycles. The van der Waals surface area contributed by atoms with Crippen LogP contribution >= 0.6 is 23.5 Å². The summed E-state index contributed by atoms with van der Waals surface area (Å²) >= 11 is 2.91. The summed E-state index contributed by atoms with van der Waals surface area (Å²) in [4.78, 5) is 11.9. The first-order chi connectivity index (χ1) is 5.26. The highest BCUT2D eigenvalue weighted by Crippen LogP contribution is 2.14. The Morgan fingerprint density at radius 2 is 1.45 bits per heavy atom. The van der Waals surface area contributed by atoms with Gasteiger partial charge >= 0.3 is 0 Å². The molecule has 0 bridgehead atoms. The van der Waals surface area contributed by atoms with E-state index in [-0.39, 0.29) is 5.95 Å². The average Bonchev–Trinajstić information content (AvgIpc) is 2.03. The SMILES string of the molecule is CSc1nc(N)nc(SC)n1. The highest BCUT2D eigenvalue weighted by atomic mass is 32.2. The van der Waals surface area contributed by atoms with E-state index < -0.39 is 0 Å². The number of anilines is 1. The molecule has 0 spiro atoms. The van der Waals surface area contributed by atoms with Gasteiger partial charge in [-0.15, -0.1) is 0 Å². The minimum atomic E-state index is 0.286. The van der Waals surface area contributed by atoms with Crippen molar-refractivity contribution in [1.29, 1.82) is 0 Å². The lowest BCUT2D eigenvalue weighted by Gasteiger charge is -1.98. The molecule has 2 N–H and O–H groups in total. The molecule has 0 saturated carbocycles. The van der Waals surface area contributed by atoms with Crippen molar-refractivity contribution in [2.45, 2.75) is 10.3 Å². The zero-order chi connectivity index (χ0) is 8.27. The Bertz CT molecular complexity index is 230. The van der Waals surface area contributed by atoms with E-state index in [4.69, 9.17) is 5.73 Å². The van der Waals surface area contributed by atoms with Crippen molar-refractivity contribution in [3.8, 4) is 0 Å². The van der Waals surface area contributed by atoms with Crippen LogP contribution in [0.3, 0.4) is 0 Å². The Morgan fingerprint density at radius 3 is 1.82 bits per heavy atom. The second-order valence-electron chi connectivity index (χ2n) is 1.67. The van der Waals surface area contributed by atoms with Gasteiger partial charge in [0.25, 0.3) is 0 Å². The standard InChI is InChI=1S/C5H8N4S2/c1-10-4-7-3(6)8-5(9-4)11-2/h1-2H3,(H2,6,7,8,9). The van der Waals surface area contributed by atoms with Crippen LogP contribution in [0.5, 0.6) is 0 Å². The fourth-order valence-corrected chi connectivity index (χ4v) is 1.32. The minimum Gasteiger partial charge on any atom is -0.368 e. The normalized spacial score (nSPS) is 10.0. The molecule has 0 saturated heterocycles. The average molecular weight is 188 g/mol. The van der Waals surface area contributed by atoms with Crippen molar-refractivity contribution in [1.82, 2.24) is 15.0 Å². The van der Waals surface area contributed by atoms with Crippen LogP contribution < -0.4 is 5.73 Å². The van der Waals surface area contributed by atoms with E-state index in [0.29, 0.717) is 10.3 Å². The molecule has 6 heteroatoms. The Hall–Kier alpha value is -0.490. The lowest BCUT2D eigenvalue weighted by Crippen LogP contribution is -1.99. The topological polar surface area (TPSA) is 64.7 Å². The molecule has 0 fully saturated rings. The number of hydrogen-bond donors (Lipinski definition) is 1. The van der Waals surface area contributed by atoms with Crippen molar-refractivity contribution in [2.24, 2.45) is 0 Å². The zero-order valence-corrected chi connectivity index (χ0v) is 7.87. The molecule has 1 heterocycles. The summed E-state index contributed by atoms with van der Waals surface area (Å²) in [6.45, 7) is 0. The van der Waals surface area contributed by atoms with Crippen molar-refractivity contribution in [3.63, 3.8) is 0 Å². The van der Waals surface area contributed by atoms with Crippen LogP contribution in [0.25, 0.3) is 0 Å². The van der Waals surface area contributed by atoms with Gasteiger partial charge in [0, 0.05) is 0 Å². The second-order valence-corrected chi connectivity index (χ2v) is 3.21. The molecular weight excluding hydrogens is 180 g/mol. The summed E-state index contributed by atoms with van der Waals surface area (Å²) in [5, 5.41) is 1.34. The fraction of sp³-hybridized carbons (Fsp3) is 0.400. The van der Waals surface area contributed by atoms with E-state index in [2.05, 4.69) is 15.0 Å². The summed E-state index contributed by atoms with van der Waals surface area (Å²) in [5.74, 6) is 0.286. The van der Waals surface area contributed by atoms with Gasteiger partial charge in [-0.25, -0.2) is 0 Å². The van der Waals surface area contributed by atoms with Gasteiger partial charge in [-0.2, -0.15) is 15.0 Å². The van der Waals surface area contributed by atoms with Gasteiger partial charge in [0.15, 0.2) is 10.3 Å². The largest absolute Gasteiger partial charge is 0.368 e. The lowest BCUT2D eigenvalue weighted by molar-refractivity contribution is 0.816. The third kappa shape index (κ3) is 2.23. The van der Waals surface area contributed by atoms with Gasteiger partial charge in [-0.1, -0.05) is 23.5 Å². The molecule has 0 aromatic carbocycles. The zero-order valence-electron chi connectivity index (χ0n) is 6.24. The van der Waals surface area contributed by atoms with Crippen LogP contribution in [0.15, 0.2) is 10.3 Å². The van der Waals surface area contributed by atoms with Crippen LogP contribution in [0.4, 0.5) is 5.95 Å². The first-order valence-corrected chi connectivity index (χ1v) is 5.30. The van der Waals surface area contributed by atoms with Crippen molar-refractivity contribution in [2.75, 3.05) is 18.2 Å². The summed E-state index contributed by atoms with van der Waals surface area (Å²) < 4.78 is 0. The smallest absolute Gasteiger partial charge is 0.225 e. The molecule has 0 aliphatic carbocycles. The van der Waals surface area contributed by atoms with Gasteiger partial charge in [0.1, 0.15) is 0 Å². The van der Waals surface area contributed by atoms with Crippen molar-refractivity contribution >= 4 is 29.5 Å². The molecule has 0 aliphatic heterocycles. The Balaban J connectivity index is 3.02. The van der Waals surface area contributed by atoms with Crippen molar-refractivity contribution in [3.05, 3.63) is 0 Å². The van der Waals surface area contributed by atoms with Gasteiger partial charge in [0.2, 0.25) is 5.95 Å². The number of thioether (sulfide) groups is 2. The Morgan fingerprint density at radius 1 is 1.00 bits per heavy atom. The third-order valence-electron chi connectivity index (χ3n) is 0.977. The molecule has 0 radical (unpaired) electrons. The van der Waals surface area contributed by atoms with Crippen LogP contribution in [0, 0.1) is 0 Å². The number of nitrogens with two attached hydrogens (primary N) is 1. The van der Waals surface area contributed by atoms with Gasteiger partial charge in [-0.05, 0) is 12.5 Å². The van der Waals surface area contributed by atoms with Crippen LogP contribution in [-0.2, 0) is 0 Å². The van der Waals surface area contributed by atoms with Crippen LogP contribution in [0.2, 0.25) is 0 Å². The summed E-state index contributed by atoms with van der Waals surface area (Å²) in [6, 6.07) is 0. The number of aromatic nitrogens is 3.